The molecule has 0 saturated carbocycles. The highest BCUT2D eigenvalue weighted by atomic mass is 32.2. The number of halogens is 2. The number of nitrogen functional groups attached to an aromatic ring is 1. The molecule has 1 aliphatic heterocycles. The van der Waals surface area contributed by atoms with Crippen LogP contribution < -0.4 is 10.9 Å². The van der Waals surface area contributed by atoms with E-state index in [-0.39, 0.29) is 26.2 Å². The van der Waals surface area contributed by atoms with Gasteiger partial charge in [0.15, 0.2) is 5.82 Å². The van der Waals surface area contributed by atoms with Crippen molar-refractivity contribution in [1.29, 1.82) is 0 Å². The molecule has 1 saturated heterocycles. The molecule has 0 bridgehead atoms. The first-order valence-corrected chi connectivity index (χ1v) is 7.52. The standard InChI is InChI=1S/C11H14F2N4O3S/c12-7-5-8(10(13)9(14)6-7)11(18)16-1-3-17(4-2-16)21(15,19)20/h5-6H,1-4,14H2,(H2,15,19,20). The number of nitrogens with zero attached hydrogens (tertiary/aromatic N) is 2. The van der Waals surface area contributed by atoms with Gasteiger partial charge in [-0.05, 0) is 12.1 Å². The van der Waals surface area contributed by atoms with Gasteiger partial charge in [-0.1, -0.05) is 0 Å². The van der Waals surface area contributed by atoms with E-state index in [4.69, 9.17) is 10.9 Å². The third-order valence-electron chi connectivity index (χ3n) is 3.18. The van der Waals surface area contributed by atoms with Gasteiger partial charge in [-0.15, -0.1) is 0 Å². The van der Waals surface area contributed by atoms with Crippen molar-refractivity contribution in [2.45, 2.75) is 0 Å². The fourth-order valence-corrected chi connectivity index (χ4v) is 2.75. The molecule has 1 fully saturated rings. The molecule has 0 aliphatic carbocycles. The summed E-state index contributed by atoms with van der Waals surface area (Å²) in [5, 5.41) is 4.98. The molecule has 0 spiro atoms. The molecule has 1 heterocycles. The molecule has 7 nitrogen and oxygen atoms in total. The number of carbonyl (C=O) groups excluding carboxylic acids is 1. The summed E-state index contributed by atoms with van der Waals surface area (Å²) < 4.78 is 50.3. The average Bonchev–Trinajstić information content (AvgIpc) is 2.41. The highest BCUT2D eigenvalue weighted by molar-refractivity contribution is 7.86. The maximum absolute atomic E-state index is 13.8. The van der Waals surface area contributed by atoms with Crippen molar-refractivity contribution in [3.8, 4) is 0 Å². The van der Waals surface area contributed by atoms with E-state index in [1.165, 1.54) is 4.90 Å². The molecule has 1 amide bonds. The summed E-state index contributed by atoms with van der Waals surface area (Å²) in [6.07, 6.45) is 0. The molecule has 0 unspecified atom stereocenters. The van der Waals surface area contributed by atoms with E-state index in [0.717, 1.165) is 16.4 Å². The number of nitrogens with two attached hydrogens (primary N) is 2. The van der Waals surface area contributed by atoms with Crippen molar-refractivity contribution in [1.82, 2.24) is 9.21 Å². The van der Waals surface area contributed by atoms with E-state index in [1.54, 1.807) is 0 Å². The van der Waals surface area contributed by atoms with E-state index in [2.05, 4.69) is 0 Å². The van der Waals surface area contributed by atoms with Crippen molar-refractivity contribution in [2.75, 3.05) is 31.9 Å². The summed E-state index contributed by atoms with van der Waals surface area (Å²) >= 11 is 0. The molecular formula is C11H14F2N4O3S. The van der Waals surface area contributed by atoms with Crippen molar-refractivity contribution < 1.29 is 22.0 Å². The van der Waals surface area contributed by atoms with Crippen LogP contribution in [-0.4, -0.2) is 49.7 Å². The number of rotatable bonds is 2. The summed E-state index contributed by atoms with van der Waals surface area (Å²) in [7, 11) is -3.82. The molecule has 1 aliphatic rings. The number of piperazine rings is 1. The fourth-order valence-electron chi connectivity index (χ4n) is 2.08. The number of benzene rings is 1. The smallest absolute Gasteiger partial charge is 0.277 e. The zero-order valence-corrected chi connectivity index (χ0v) is 11.7. The Balaban J connectivity index is 2.16. The topological polar surface area (TPSA) is 110 Å². The predicted molar refractivity (Wildman–Crippen MR) is 71.4 cm³/mol. The molecule has 116 valence electrons. The van der Waals surface area contributed by atoms with E-state index in [1.807, 2.05) is 0 Å². The van der Waals surface area contributed by atoms with Gasteiger partial charge in [-0.25, -0.2) is 13.9 Å². The maximum Gasteiger partial charge on any atom is 0.277 e. The largest absolute Gasteiger partial charge is 0.396 e. The first-order chi connectivity index (χ1) is 9.70. The molecule has 0 atom stereocenters. The Kier molecular flexibility index (Phi) is 4.12. The molecular weight excluding hydrogens is 306 g/mol. The molecule has 1 aromatic rings. The third kappa shape index (κ3) is 3.28. The monoisotopic (exact) mass is 320 g/mol. The fraction of sp³-hybridized carbons (Fsp3) is 0.364. The van der Waals surface area contributed by atoms with Crippen molar-refractivity contribution in [3.63, 3.8) is 0 Å². The summed E-state index contributed by atoms with van der Waals surface area (Å²) in [4.78, 5) is 13.4. The Hall–Kier alpha value is -1.78. The number of amides is 1. The third-order valence-corrected chi connectivity index (χ3v) is 4.27. The van der Waals surface area contributed by atoms with Crippen LogP contribution in [0.15, 0.2) is 12.1 Å². The zero-order valence-electron chi connectivity index (χ0n) is 10.9. The van der Waals surface area contributed by atoms with Crippen LogP contribution in [0.2, 0.25) is 0 Å². The molecule has 4 N–H and O–H groups in total. The van der Waals surface area contributed by atoms with E-state index >= 15 is 0 Å². The first kappa shape index (κ1) is 15.6. The predicted octanol–water partition coefficient (Wildman–Crippen LogP) is -0.492. The summed E-state index contributed by atoms with van der Waals surface area (Å²) in [6, 6.07) is 1.55. The van der Waals surface area contributed by atoms with Crippen LogP contribution >= 0.6 is 0 Å². The van der Waals surface area contributed by atoms with Crippen LogP contribution in [0.5, 0.6) is 0 Å². The number of carbonyl (C=O) groups is 1. The second-order valence-corrected chi connectivity index (χ2v) is 6.14. The minimum Gasteiger partial charge on any atom is -0.396 e. The van der Waals surface area contributed by atoms with Crippen molar-refractivity contribution in [2.24, 2.45) is 5.14 Å². The summed E-state index contributed by atoms with van der Waals surface area (Å²) in [6.45, 7) is 0.0597. The van der Waals surface area contributed by atoms with Crippen LogP contribution in [-0.2, 0) is 10.2 Å². The van der Waals surface area contributed by atoms with Crippen LogP contribution in [0.3, 0.4) is 0 Å². The van der Waals surface area contributed by atoms with Gasteiger partial charge in [0, 0.05) is 26.2 Å². The highest BCUT2D eigenvalue weighted by Gasteiger charge is 2.28. The lowest BCUT2D eigenvalue weighted by Gasteiger charge is -2.33. The van der Waals surface area contributed by atoms with Crippen molar-refractivity contribution >= 4 is 21.8 Å². The average molecular weight is 320 g/mol. The first-order valence-electron chi connectivity index (χ1n) is 6.02. The summed E-state index contributed by atoms with van der Waals surface area (Å²) in [5.74, 6) is -2.55. The minimum atomic E-state index is -3.82. The number of hydrogen-bond donors (Lipinski definition) is 2. The Morgan fingerprint density at radius 1 is 1.14 bits per heavy atom. The quantitative estimate of drug-likeness (QED) is 0.716. The van der Waals surface area contributed by atoms with Crippen LogP contribution in [0.4, 0.5) is 14.5 Å². The van der Waals surface area contributed by atoms with E-state index in [9.17, 15) is 22.0 Å². The Morgan fingerprint density at radius 2 is 1.71 bits per heavy atom. The molecule has 1 aromatic carbocycles. The molecule has 10 heteroatoms. The van der Waals surface area contributed by atoms with Crippen LogP contribution in [0, 0.1) is 11.6 Å². The lowest BCUT2D eigenvalue weighted by Crippen LogP contribution is -2.52. The van der Waals surface area contributed by atoms with Crippen LogP contribution in [0.25, 0.3) is 0 Å². The molecule has 2 rings (SSSR count). The van der Waals surface area contributed by atoms with E-state index < -0.39 is 39.0 Å². The zero-order chi connectivity index (χ0) is 15.8. The van der Waals surface area contributed by atoms with Gasteiger partial charge in [0.25, 0.3) is 16.1 Å². The van der Waals surface area contributed by atoms with E-state index in [0.29, 0.717) is 0 Å². The van der Waals surface area contributed by atoms with Gasteiger partial charge in [-0.3, -0.25) is 4.79 Å². The highest BCUT2D eigenvalue weighted by Crippen LogP contribution is 2.20. The van der Waals surface area contributed by atoms with Gasteiger partial charge in [0.2, 0.25) is 0 Å². The Labute approximate surface area is 120 Å². The lowest BCUT2D eigenvalue weighted by atomic mass is 10.1. The normalized spacial score (nSPS) is 17.0. The maximum atomic E-state index is 13.8. The number of anilines is 1. The Bertz CT molecular complexity index is 672. The second kappa shape index (κ2) is 5.54. The SMILES string of the molecule is Nc1cc(F)cc(C(=O)N2CCN(S(N)(=O)=O)CC2)c1F. The van der Waals surface area contributed by atoms with Gasteiger partial charge >= 0.3 is 0 Å². The van der Waals surface area contributed by atoms with Gasteiger partial charge in [0.05, 0.1) is 11.3 Å². The lowest BCUT2D eigenvalue weighted by molar-refractivity contribution is 0.0692. The molecule has 21 heavy (non-hydrogen) atoms. The van der Waals surface area contributed by atoms with Crippen LogP contribution in [0.1, 0.15) is 10.4 Å². The minimum absolute atomic E-state index is 0.00299. The second-order valence-electron chi connectivity index (χ2n) is 4.59. The molecule has 0 aromatic heterocycles. The van der Waals surface area contributed by atoms with Gasteiger partial charge < -0.3 is 10.6 Å². The van der Waals surface area contributed by atoms with Crippen molar-refractivity contribution in [3.05, 3.63) is 29.3 Å². The number of hydrogen-bond acceptors (Lipinski definition) is 4. The summed E-state index contributed by atoms with van der Waals surface area (Å²) in [5.41, 5.74) is 4.35. The Morgan fingerprint density at radius 3 is 2.24 bits per heavy atom. The molecule has 0 radical (unpaired) electrons. The van der Waals surface area contributed by atoms with Gasteiger partial charge in [-0.2, -0.15) is 12.7 Å². The van der Waals surface area contributed by atoms with Gasteiger partial charge in [0.1, 0.15) is 5.82 Å².